The van der Waals surface area contributed by atoms with Crippen molar-refractivity contribution in [3.8, 4) is 5.69 Å². The highest BCUT2D eigenvalue weighted by Gasteiger charge is 2.42. The van der Waals surface area contributed by atoms with Crippen LogP contribution in [0.15, 0.2) is 79.0 Å². The molecule has 0 amide bonds. The summed E-state index contributed by atoms with van der Waals surface area (Å²) in [5, 5.41) is 4.30. The molecule has 2 atom stereocenters. The molecule has 0 aliphatic carbocycles. The van der Waals surface area contributed by atoms with Crippen molar-refractivity contribution >= 4 is 34.4 Å². The molecule has 0 saturated carbocycles. The smallest absolute Gasteiger partial charge is 0.174 e. The fourth-order valence-corrected chi connectivity index (χ4v) is 5.59. The lowest BCUT2D eigenvalue weighted by Gasteiger charge is -2.28. The zero-order valence-corrected chi connectivity index (χ0v) is 23.1. The molecule has 3 heterocycles. The number of benzene rings is 2. The molecule has 1 aliphatic rings. The zero-order chi connectivity index (χ0) is 26.3. The van der Waals surface area contributed by atoms with Crippen molar-refractivity contribution < 1.29 is 0 Å². The highest BCUT2D eigenvalue weighted by atomic mass is 32.1. The Bertz CT molecular complexity index is 1390. The number of hydrogen-bond donors (Lipinski definition) is 1. The first-order valence-electron chi connectivity index (χ1n) is 12.5. The molecule has 0 bridgehead atoms. The maximum Gasteiger partial charge on any atom is 0.174 e. The van der Waals surface area contributed by atoms with E-state index in [1.807, 2.05) is 18.3 Å². The molecule has 0 spiro atoms. The van der Waals surface area contributed by atoms with Crippen molar-refractivity contribution in [2.45, 2.75) is 25.9 Å². The number of nitrogens with zero attached hydrogens (tertiary/aromatic N) is 5. The third-order valence-electron chi connectivity index (χ3n) is 7.16. The minimum absolute atomic E-state index is 0.0476. The Morgan fingerprint density at radius 2 is 1.41 bits per heavy atom. The van der Waals surface area contributed by atoms with Gasteiger partial charge >= 0.3 is 0 Å². The summed E-state index contributed by atoms with van der Waals surface area (Å²) in [6, 6.07) is 25.5. The van der Waals surface area contributed by atoms with E-state index in [0.29, 0.717) is 5.11 Å². The third kappa shape index (κ3) is 4.55. The zero-order valence-electron chi connectivity index (χ0n) is 22.3. The summed E-state index contributed by atoms with van der Waals surface area (Å²) in [7, 11) is 8.23. The quantitative estimate of drug-likeness (QED) is 0.331. The summed E-state index contributed by atoms with van der Waals surface area (Å²) in [6.45, 7) is 4.37. The predicted octanol–water partition coefficient (Wildman–Crippen LogP) is 5.80. The van der Waals surface area contributed by atoms with Gasteiger partial charge in [0.1, 0.15) is 0 Å². The minimum atomic E-state index is -0.0766. The van der Waals surface area contributed by atoms with E-state index in [4.69, 9.17) is 17.2 Å². The van der Waals surface area contributed by atoms with E-state index in [0.717, 1.165) is 22.8 Å². The van der Waals surface area contributed by atoms with Gasteiger partial charge in [-0.3, -0.25) is 4.98 Å². The largest absolute Gasteiger partial charge is 0.378 e. The van der Waals surface area contributed by atoms with Crippen molar-refractivity contribution in [1.29, 1.82) is 0 Å². The average molecular weight is 511 g/mol. The van der Waals surface area contributed by atoms with Crippen LogP contribution >= 0.6 is 12.2 Å². The molecule has 0 unspecified atom stereocenters. The molecule has 1 N–H and O–H groups in total. The molecule has 2 aromatic heterocycles. The number of anilines is 3. The molecule has 4 aromatic rings. The van der Waals surface area contributed by atoms with E-state index < -0.39 is 0 Å². The molecule has 37 heavy (non-hydrogen) atoms. The number of hydrogen-bond acceptors (Lipinski definition) is 4. The van der Waals surface area contributed by atoms with Crippen molar-refractivity contribution in [2.24, 2.45) is 0 Å². The van der Waals surface area contributed by atoms with Gasteiger partial charge in [-0.2, -0.15) is 0 Å². The molecule has 2 aromatic carbocycles. The molecule has 7 heteroatoms. The average Bonchev–Trinajstić information content (AvgIpc) is 3.39. The van der Waals surface area contributed by atoms with E-state index >= 15 is 0 Å². The summed E-state index contributed by atoms with van der Waals surface area (Å²) in [5.41, 5.74) is 9.13. The van der Waals surface area contributed by atoms with Crippen LogP contribution < -0.4 is 20.0 Å². The van der Waals surface area contributed by atoms with Gasteiger partial charge in [0.2, 0.25) is 0 Å². The van der Waals surface area contributed by atoms with E-state index in [-0.39, 0.29) is 12.1 Å². The Labute approximate surface area is 225 Å². The second-order valence-electron chi connectivity index (χ2n) is 9.98. The summed E-state index contributed by atoms with van der Waals surface area (Å²) >= 11 is 5.94. The third-order valence-corrected chi connectivity index (χ3v) is 7.47. The van der Waals surface area contributed by atoms with Crippen LogP contribution in [0.2, 0.25) is 0 Å². The normalized spacial score (nSPS) is 17.1. The lowest BCUT2D eigenvalue weighted by atomic mass is 9.96. The van der Waals surface area contributed by atoms with Crippen LogP contribution in [0.25, 0.3) is 5.69 Å². The minimum Gasteiger partial charge on any atom is -0.378 e. The molecular formula is C30H34N6S. The summed E-state index contributed by atoms with van der Waals surface area (Å²) in [5.74, 6) is 0. The van der Waals surface area contributed by atoms with Gasteiger partial charge in [-0.15, -0.1) is 0 Å². The van der Waals surface area contributed by atoms with Crippen molar-refractivity contribution in [1.82, 2.24) is 14.9 Å². The number of aromatic nitrogens is 2. The van der Waals surface area contributed by atoms with Gasteiger partial charge in [-0.05, 0) is 98.4 Å². The molecule has 0 radical (unpaired) electrons. The summed E-state index contributed by atoms with van der Waals surface area (Å²) in [6.07, 6.45) is 1.85. The first-order chi connectivity index (χ1) is 17.8. The fraction of sp³-hybridized carbons (Fsp3) is 0.267. The number of nitrogens with one attached hydrogen (secondary N) is 1. The van der Waals surface area contributed by atoms with Crippen molar-refractivity contribution in [3.63, 3.8) is 0 Å². The SMILES string of the molecule is Cc1cc([C@H]2[C@@H](c3ccccn3)NC(=S)N2c2ccc(N(C)C)cc2)c(C)n1-c1ccc(N(C)C)cc1. The van der Waals surface area contributed by atoms with Gasteiger partial charge in [0.05, 0.1) is 17.8 Å². The topological polar surface area (TPSA) is 39.6 Å². The Morgan fingerprint density at radius 1 is 0.811 bits per heavy atom. The summed E-state index contributed by atoms with van der Waals surface area (Å²) < 4.78 is 2.33. The van der Waals surface area contributed by atoms with Gasteiger partial charge in [0.15, 0.2) is 5.11 Å². The van der Waals surface area contributed by atoms with E-state index in [2.05, 4.69) is 127 Å². The molecule has 1 fully saturated rings. The highest BCUT2D eigenvalue weighted by Crippen LogP contribution is 2.44. The molecular weight excluding hydrogens is 476 g/mol. The Kier molecular flexibility index (Phi) is 6.65. The fourth-order valence-electron chi connectivity index (χ4n) is 5.24. The monoisotopic (exact) mass is 510 g/mol. The van der Waals surface area contributed by atoms with E-state index in [9.17, 15) is 0 Å². The van der Waals surface area contributed by atoms with Crippen LogP contribution in [0.5, 0.6) is 0 Å². The van der Waals surface area contributed by atoms with Crippen molar-refractivity contribution in [3.05, 3.63) is 102 Å². The van der Waals surface area contributed by atoms with Crippen LogP contribution in [0.3, 0.4) is 0 Å². The Morgan fingerprint density at radius 3 is 1.95 bits per heavy atom. The van der Waals surface area contributed by atoms with Crippen molar-refractivity contribution in [2.75, 3.05) is 42.9 Å². The molecule has 6 nitrogen and oxygen atoms in total. The first-order valence-corrected chi connectivity index (χ1v) is 12.9. The van der Waals surface area contributed by atoms with E-state index in [1.165, 1.54) is 22.6 Å². The first kappa shape index (κ1) is 24.8. The molecule has 1 saturated heterocycles. The Balaban J connectivity index is 1.62. The molecule has 190 valence electrons. The number of rotatable bonds is 6. The lowest BCUT2D eigenvalue weighted by molar-refractivity contribution is 0.565. The Hall–Kier alpha value is -3.84. The van der Waals surface area contributed by atoms with Crippen LogP contribution in [0.4, 0.5) is 17.1 Å². The van der Waals surface area contributed by atoms with Crippen LogP contribution in [0.1, 0.15) is 34.7 Å². The number of pyridine rings is 1. The maximum absolute atomic E-state index is 5.94. The predicted molar refractivity (Wildman–Crippen MR) is 158 cm³/mol. The lowest BCUT2D eigenvalue weighted by Crippen LogP contribution is -2.29. The van der Waals surface area contributed by atoms with Gasteiger partial charge in [-0.25, -0.2) is 0 Å². The van der Waals surface area contributed by atoms with E-state index in [1.54, 1.807) is 0 Å². The second kappa shape index (κ2) is 9.90. The maximum atomic E-state index is 5.94. The highest BCUT2D eigenvalue weighted by molar-refractivity contribution is 7.80. The van der Waals surface area contributed by atoms with Gasteiger partial charge < -0.3 is 24.6 Å². The molecule has 1 aliphatic heterocycles. The summed E-state index contributed by atoms with van der Waals surface area (Å²) in [4.78, 5) is 11.2. The van der Waals surface area contributed by atoms with Gasteiger partial charge in [0.25, 0.3) is 0 Å². The number of thiocarbonyl (C=S) groups is 1. The molecule has 5 rings (SSSR count). The van der Waals surface area contributed by atoms with Crippen LogP contribution in [0, 0.1) is 13.8 Å². The van der Waals surface area contributed by atoms with Crippen LogP contribution in [-0.2, 0) is 0 Å². The van der Waals surface area contributed by atoms with Crippen LogP contribution in [-0.4, -0.2) is 42.9 Å². The number of aryl methyl sites for hydroxylation is 1. The van der Waals surface area contributed by atoms with Gasteiger partial charge in [0, 0.05) is 68.5 Å². The van der Waals surface area contributed by atoms with Gasteiger partial charge in [-0.1, -0.05) is 6.07 Å². The standard InChI is InChI=1S/C30H34N6S/c1-20-19-26(21(2)35(20)24-14-10-22(11-15-24)33(3)4)29-28(27-9-7-8-18-31-27)32-30(37)36(29)25-16-12-23(13-17-25)34(5)6/h7-19,28-29H,1-6H3,(H,32,37)/t28-,29+/m1/s1. The second-order valence-corrected chi connectivity index (χ2v) is 10.4.